The highest BCUT2D eigenvalue weighted by molar-refractivity contribution is 5.82. The van der Waals surface area contributed by atoms with Gasteiger partial charge in [-0.25, -0.2) is 4.79 Å². The molecule has 5 rings (SSSR count). The van der Waals surface area contributed by atoms with Crippen molar-refractivity contribution in [1.29, 1.82) is 0 Å². The van der Waals surface area contributed by atoms with E-state index in [1.54, 1.807) is 0 Å². The minimum atomic E-state index is -0.792. The molecular formula is C28H32N2O5. The molecule has 0 radical (unpaired) electrons. The van der Waals surface area contributed by atoms with Gasteiger partial charge in [0.05, 0.1) is 11.8 Å². The van der Waals surface area contributed by atoms with E-state index in [0.29, 0.717) is 19.4 Å². The van der Waals surface area contributed by atoms with Gasteiger partial charge in [0.15, 0.2) is 0 Å². The Balaban J connectivity index is 1.20. The van der Waals surface area contributed by atoms with E-state index in [-0.39, 0.29) is 36.4 Å². The SMILES string of the molecule is CC1CC(C(=O)O)CCN1C(=O)[C@H]1CCC[C@H]1NC(=O)OCC1c2ccccc2-c2ccccc21. The molecular weight excluding hydrogens is 444 g/mol. The van der Waals surface area contributed by atoms with Crippen LogP contribution in [0.2, 0.25) is 0 Å². The quantitative estimate of drug-likeness (QED) is 0.667. The summed E-state index contributed by atoms with van der Waals surface area (Å²) >= 11 is 0. The number of carbonyl (C=O) groups excluding carboxylic acids is 2. The van der Waals surface area contributed by atoms with Crippen LogP contribution < -0.4 is 5.32 Å². The number of nitrogens with zero attached hydrogens (tertiary/aromatic N) is 1. The van der Waals surface area contributed by atoms with Crippen molar-refractivity contribution >= 4 is 18.0 Å². The number of alkyl carbamates (subject to hydrolysis) is 1. The standard InChI is InChI=1S/C28H32N2O5/c1-17-15-18(27(32)33)13-14-30(17)26(31)23-11-6-12-25(23)29-28(34)35-16-24-21-9-4-2-7-19(21)20-8-3-5-10-22(20)24/h2-5,7-10,17-18,23-25H,6,11-16H2,1H3,(H,29,34)(H,32,33)/t17?,18?,23-,25+/m0/s1. The third-order valence-corrected chi connectivity index (χ3v) is 7.99. The van der Waals surface area contributed by atoms with Crippen molar-refractivity contribution in [2.45, 2.75) is 57.0 Å². The first-order valence-electron chi connectivity index (χ1n) is 12.6. The molecule has 2 aromatic carbocycles. The van der Waals surface area contributed by atoms with Crippen LogP contribution in [0.25, 0.3) is 11.1 Å². The number of amides is 2. The highest BCUT2D eigenvalue weighted by atomic mass is 16.5. The lowest BCUT2D eigenvalue weighted by molar-refractivity contribution is -0.149. The van der Waals surface area contributed by atoms with Gasteiger partial charge in [-0.1, -0.05) is 55.0 Å². The van der Waals surface area contributed by atoms with Gasteiger partial charge in [0.2, 0.25) is 5.91 Å². The average molecular weight is 477 g/mol. The molecule has 2 fully saturated rings. The summed E-state index contributed by atoms with van der Waals surface area (Å²) in [6.07, 6.45) is 2.78. The van der Waals surface area contributed by atoms with E-state index < -0.39 is 18.0 Å². The smallest absolute Gasteiger partial charge is 0.407 e. The zero-order valence-electron chi connectivity index (χ0n) is 20.0. The van der Waals surface area contributed by atoms with Crippen LogP contribution in [0.3, 0.4) is 0 Å². The van der Waals surface area contributed by atoms with Gasteiger partial charge >= 0.3 is 12.1 Å². The van der Waals surface area contributed by atoms with Crippen LogP contribution in [-0.4, -0.2) is 53.2 Å². The Morgan fingerprint density at radius 2 is 1.66 bits per heavy atom. The number of carboxylic acid groups (broad SMARTS) is 1. The minimum Gasteiger partial charge on any atom is -0.481 e. The number of likely N-dealkylation sites (tertiary alicyclic amines) is 1. The summed E-state index contributed by atoms with van der Waals surface area (Å²) in [5.74, 6) is -1.47. The van der Waals surface area contributed by atoms with Crippen LogP contribution >= 0.6 is 0 Å². The molecule has 2 amide bonds. The number of ether oxygens (including phenoxy) is 1. The molecule has 2 aliphatic carbocycles. The predicted molar refractivity (Wildman–Crippen MR) is 131 cm³/mol. The van der Waals surface area contributed by atoms with E-state index in [0.717, 1.165) is 30.4 Å². The molecule has 1 heterocycles. The fourth-order valence-corrected chi connectivity index (χ4v) is 6.16. The molecule has 2 N–H and O–H groups in total. The summed E-state index contributed by atoms with van der Waals surface area (Å²) in [7, 11) is 0. The molecule has 35 heavy (non-hydrogen) atoms. The second kappa shape index (κ2) is 9.72. The predicted octanol–water partition coefficient (Wildman–Crippen LogP) is 4.41. The van der Waals surface area contributed by atoms with Gasteiger partial charge in [-0.15, -0.1) is 0 Å². The van der Waals surface area contributed by atoms with Crippen molar-refractivity contribution in [2.24, 2.45) is 11.8 Å². The second-order valence-corrected chi connectivity index (χ2v) is 10.1. The molecule has 184 valence electrons. The molecule has 0 bridgehead atoms. The maximum atomic E-state index is 13.3. The number of nitrogens with one attached hydrogen (secondary N) is 1. The molecule has 2 unspecified atom stereocenters. The molecule has 7 heteroatoms. The Morgan fingerprint density at radius 1 is 1.00 bits per heavy atom. The number of hydrogen-bond acceptors (Lipinski definition) is 4. The number of carboxylic acids is 1. The molecule has 0 aromatic heterocycles. The van der Waals surface area contributed by atoms with Gasteiger partial charge in [0.1, 0.15) is 6.61 Å². The van der Waals surface area contributed by atoms with E-state index in [2.05, 4.69) is 29.6 Å². The zero-order valence-corrected chi connectivity index (χ0v) is 20.0. The first kappa shape index (κ1) is 23.4. The molecule has 1 saturated carbocycles. The molecule has 2 aromatic rings. The van der Waals surface area contributed by atoms with Crippen LogP contribution in [0.1, 0.15) is 56.1 Å². The fraction of sp³-hybridized carbons (Fsp3) is 0.464. The van der Waals surface area contributed by atoms with Crippen molar-refractivity contribution < 1.29 is 24.2 Å². The summed E-state index contributed by atoms with van der Waals surface area (Å²) in [5.41, 5.74) is 4.68. The number of carbonyl (C=O) groups is 3. The lowest BCUT2D eigenvalue weighted by Gasteiger charge is -2.38. The maximum Gasteiger partial charge on any atom is 0.407 e. The van der Waals surface area contributed by atoms with Gasteiger partial charge in [-0.2, -0.15) is 0 Å². The largest absolute Gasteiger partial charge is 0.481 e. The van der Waals surface area contributed by atoms with E-state index >= 15 is 0 Å². The Morgan fingerprint density at radius 3 is 2.29 bits per heavy atom. The number of hydrogen-bond donors (Lipinski definition) is 2. The average Bonchev–Trinajstić information content (AvgIpc) is 3.44. The molecule has 4 atom stereocenters. The summed E-state index contributed by atoms with van der Waals surface area (Å²) in [4.78, 5) is 39.2. The zero-order chi connectivity index (χ0) is 24.5. The number of rotatable bonds is 5. The Bertz CT molecular complexity index is 1090. The molecule has 0 spiro atoms. The van der Waals surface area contributed by atoms with Crippen molar-refractivity contribution in [1.82, 2.24) is 10.2 Å². The van der Waals surface area contributed by atoms with Gasteiger partial charge in [0.25, 0.3) is 0 Å². The van der Waals surface area contributed by atoms with Crippen molar-refractivity contribution in [3.05, 3.63) is 59.7 Å². The lowest BCUT2D eigenvalue weighted by Crippen LogP contribution is -2.51. The molecule has 7 nitrogen and oxygen atoms in total. The van der Waals surface area contributed by atoms with Crippen LogP contribution in [0.4, 0.5) is 4.79 Å². The minimum absolute atomic E-state index is 0.00876. The Labute approximate surface area is 205 Å². The van der Waals surface area contributed by atoms with Crippen molar-refractivity contribution in [3.8, 4) is 11.1 Å². The monoisotopic (exact) mass is 476 g/mol. The van der Waals surface area contributed by atoms with Crippen molar-refractivity contribution in [3.63, 3.8) is 0 Å². The molecule has 1 aliphatic heterocycles. The van der Waals surface area contributed by atoms with Gasteiger partial charge in [0, 0.05) is 24.5 Å². The normalized spacial score (nSPS) is 25.6. The van der Waals surface area contributed by atoms with Crippen LogP contribution in [0.5, 0.6) is 0 Å². The number of fused-ring (bicyclic) bond motifs is 3. The topological polar surface area (TPSA) is 95.9 Å². The maximum absolute atomic E-state index is 13.3. The summed E-state index contributed by atoms with van der Waals surface area (Å²) in [6.45, 7) is 2.60. The third-order valence-electron chi connectivity index (χ3n) is 7.99. The van der Waals surface area contributed by atoms with Crippen molar-refractivity contribution in [2.75, 3.05) is 13.2 Å². The van der Waals surface area contributed by atoms with Crippen LogP contribution in [0.15, 0.2) is 48.5 Å². The number of piperidine rings is 1. The lowest BCUT2D eigenvalue weighted by atomic mass is 9.90. The highest BCUT2D eigenvalue weighted by Gasteiger charge is 2.40. The Kier molecular flexibility index (Phi) is 6.50. The molecule has 1 saturated heterocycles. The van der Waals surface area contributed by atoms with Gasteiger partial charge in [-0.3, -0.25) is 9.59 Å². The second-order valence-electron chi connectivity index (χ2n) is 10.1. The van der Waals surface area contributed by atoms with Gasteiger partial charge in [-0.05, 0) is 54.9 Å². The first-order valence-corrected chi connectivity index (χ1v) is 12.6. The van der Waals surface area contributed by atoms with Gasteiger partial charge < -0.3 is 20.1 Å². The Hall–Kier alpha value is -3.35. The van der Waals surface area contributed by atoms with E-state index in [1.807, 2.05) is 36.1 Å². The summed E-state index contributed by atoms with van der Waals surface area (Å²) < 4.78 is 5.70. The molecule has 3 aliphatic rings. The van der Waals surface area contributed by atoms with Crippen LogP contribution in [0, 0.1) is 11.8 Å². The van der Waals surface area contributed by atoms with E-state index in [9.17, 15) is 19.5 Å². The fourth-order valence-electron chi connectivity index (χ4n) is 6.16. The highest BCUT2D eigenvalue weighted by Crippen LogP contribution is 2.44. The summed E-state index contributed by atoms with van der Waals surface area (Å²) in [6, 6.07) is 16.0. The van der Waals surface area contributed by atoms with E-state index in [4.69, 9.17) is 4.74 Å². The number of benzene rings is 2. The van der Waals surface area contributed by atoms with Crippen LogP contribution in [-0.2, 0) is 14.3 Å². The first-order chi connectivity index (χ1) is 16.9. The summed E-state index contributed by atoms with van der Waals surface area (Å²) in [5, 5.41) is 12.3. The van der Waals surface area contributed by atoms with E-state index in [1.165, 1.54) is 11.1 Å². The third kappa shape index (κ3) is 4.51. The number of aliphatic carboxylic acids is 1.